The van der Waals surface area contributed by atoms with E-state index in [1.165, 1.54) is 15.7 Å². The molecule has 7 nitrogen and oxygen atoms in total. The minimum atomic E-state index is -0.170. The van der Waals surface area contributed by atoms with Crippen LogP contribution in [0.2, 0.25) is 0 Å². The van der Waals surface area contributed by atoms with Crippen LogP contribution in [0, 0.1) is 12.6 Å². The van der Waals surface area contributed by atoms with Crippen molar-refractivity contribution in [2.45, 2.75) is 32.9 Å². The Morgan fingerprint density at radius 1 is 0.587 bits per heavy atom. The molecule has 4 bridgehead atoms. The molecule has 7 rings (SSSR count). The maximum absolute atomic E-state index is 12.9. The van der Waals surface area contributed by atoms with Crippen molar-refractivity contribution in [1.29, 1.82) is 0 Å². The van der Waals surface area contributed by atoms with E-state index in [0.29, 0.717) is 22.5 Å². The molecule has 0 spiro atoms. The molecule has 1 radical (unpaired) electrons. The number of nitrogens with zero attached hydrogens (tertiary/aromatic N) is 5. The molecule has 0 saturated carbocycles. The zero-order valence-corrected chi connectivity index (χ0v) is 26.7. The van der Waals surface area contributed by atoms with E-state index in [4.69, 9.17) is 9.97 Å². The minimum Gasteiger partial charge on any atom is -0.439 e. The molecule has 0 N–H and O–H groups in total. The molecule has 5 aromatic rings. The second-order valence-corrected chi connectivity index (χ2v) is 11.4. The first-order valence-electron chi connectivity index (χ1n) is 15.1. The molecule has 237 valence electrons. The Balaban J connectivity index is 0.000000182. The van der Waals surface area contributed by atoms with Gasteiger partial charge in [0, 0.05) is 64.0 Å². The zero-order chi connectivity index (χ0) is 31.2. The van der Waals surface area contributed by atoms with Gasteiger partial charge in [0.2, 0.25) is 11.8 Å². The van der Waals surface area contributed by atoms with Gasteiger partial charge in [-0.05, 0) is 67.7 Å². The Hall–Kier alpha value is -4.62. The largest absolute Gasteiger partial charge is 0.439 e. The average molecular weight is 657 g/mol. The number of carbonyl (C=O) groups is 2. The first kappa shape index (κ1) is 32.8. The fourth-order valence-corrected chi connectivity index (χ4v) is 5.60. The quantitative estimate of drug-likeness (QED) is 0.153. The molecule has 0 saturated heterocycles. The van der Waals surface area contributed by atoms with Crippen molar-refractivity contribution < 1.29 is 26.7 Å². The van der Waals surface area contributed by atoms with Gasteiger partial charge in [0.05, 0.1) is 11.4 Å². The van der Waals surface area contributed by atoms with Gasteiger partial charge in [-0.2, -0.15) is 6.92 Å². The molecule has 46 heavy (non-hydrogen) atoms. The molecule has 8 heteroatoms. The van der Waals surface area contributed by atoms with Gasteiger partial charge in [-0.3, -0.25) is 24.5 Å². The fraction of sp³-hybridized carbons (Fsp3) is 0.158. The fourth-order valence-electron chi connectivity index (χ4n) is 5.60. The van der Waals surface area contributed by atoms with Gasteiger partial charge < -0.3 is 15.7 Å². The third-order valence-electron chi connectivity index (χ3n) is 7.67. The normalized spacial score (nSPS) is 14.5. The van der Waals surface area contributed by atoms with Crippen LogP contribution < -0.4 is 9.80 Å². The smallest absolute Gasteiger partial charge is 0.230 e. The number of fused-ring (bicyclic) bond motifs is 5. The number of hydrogen-bond donors (Lipinski definition) is 0. The molecule has 3 aromatic carbocycles. The topological polar surface area (TPSA) is 69.6 Å². The van der Waals surface area contributed by atoms with Crippen LogP contribution in [0.3, 0.4) is 0 Å². The number of rotatable bonds is 2. The van der Waals surface area contributed by atoms with Gasteiger partial charge in [-0.1, -0.05) is 60.7 Å². The Morgan fingerprint density at radius 3 is 1.41 bits per heavy atom. The number of carbonyl (C=O) groups excluding carboxylic acids is 2. The van der Waals surface area contributed by atoms with Gasteiger partial charge in [-0.15, -0.1) is 19.5 Å². The van der Waals surface area contributed by atoms with E-state index in [2.05, 4.69) is 55.3 Å². The first-order chi connectivity index (χ1) is 21.9. The van der Waals surface area contributed by atoms with Crippen molar-refractivity contribution >= 4 is 23.2 Å². The van der Waals surface area contributed by atoms with Crippen molar-refractivity contribution in [3.63, 3.8) is 0 Å². The SMILES string of the molecule is C[C-]1Cc2cccc(n2)CN(C)Cc2cccc(n2)C1.O=C(c1ccccc1)N1[CH-]N(C(=O)c2ccccc2)c2ccccc21.[Cu]. The summed E-state index contributed by atoms with van der Waals surface area (Å²) >= 11 is 0. The second-order valence-electron chi connectivity index (χ2n) is 11.4. The van der Waals surface area contributed by atoms with E-state index in [-0.39, 0.29) is 28.9 Å². The molecule has 2 amide bonds. The van der Waals surface area contributed by atoms with Crippen LogP contribution in [-0.2, 0) is 43.0 Å². The molecule has 0 atom stereocenters. The van der Waals surface area contributed by atoms with Gasteiger partial charge >= 0.3 is 0 Å². The van der Waals surface area contributed by atoms with Gasteiger partial charge in [0.1, 0.15) is 0 Å². The van der Waals surface area contributed by atoms with Crippen LogP contribution in [0.25, 0.3) is 0 Å². The number of amides is 2. The number of aromatic nitrogens is 2. The molecule has 0 unspecified atom stereocenters. The van der Waals surface area contributed by atoms with Crippen molar-refractivity contribution in [1.82, 2.24) is 14.9 Å². The minimum absolute atomic E-state index is 0. The Bertz CT molecular complexity index is 1610. The second kappa shape index (κ2) is 15.1. The third kappa shape index (κ3) is 7.77. The van der Waals surface area contributed by atoms with Gasteiger partial charge in [-0.25, -0.2) is 0 Å². The summed E-state index contributed by atoms with van der Waals surface area (Å²) in [7, 11) is 2.12. The summed E-state index contributed by atoms with van der Waals surface area (Å²) < 4.78 is 0. The monoisotopic (exact) mass is 656 g/mol. The summed E-state index contributed by atoms with van der Waals surface area (Å²) in [5.74, 6) is 1.07. The number of benzene rings is 3. The Labute approximate surface area is 281 Å². The van der Waals surface area contributed by atoms with E-state index in [1.807, 2.05) is 60.7 Å². The first-order valence-corrected chi connectivity index (χ1v) is 15.1. The van der Waals surface area contributed by atoms with Crippen LogP contribution in [-0.4, -0.2) is 33.7 Å². The predicted octanol–water partition coefficient (Wildman–Crippen LogP) is 6.91. The summed E-state index contributed by atoms with van der Waals surface area (Å²) in [5.41, 5.74) is 7.12. The molecule has 2 aliphatic heterocycles. The van der Waals surface area contributed by atoms with Gasteiger partial charge in [0.15, 0.2) is 0 Å². The molecule has 2 aromatic heterocycles. The maximum atomic E-state index is 12.9. The summed E-state index contributed by atoms with van der Waals surface area (Å²) in [6.07, 6.45) is 1.87. The third-order valence-corrected chi connectivity index (χ3v) is 7.67. The van der Waals surface area contributed by atoms with Crippen molar-refractivity contribution in [3.05, 3.63) is 168 Å². The summed E-state index contributed by atoms with van der Waals surface area (Å²) in [4.78, 5) is 40.6. The van der Waals surface area contributed by atoms with Gasteiger partial charge in [0.25, 0.3) is 0 Å². The molecular weight excluding hydrogens is 622 g/mol. The number of pyridine rings is 2. The predicted molar refractivity (Wildman–Crippen MR) is 177 cm³/mol. The summed E-state index contributed by atoms with van der Waals surface area (Å²) in [6.45, 7) is 5.48. The van der Waals surface area contributed by atoms with E-state index in [1.54, 1.807) is 30.9 Å². The molecule has 0 aliphatic carbocycles. The van der Waals surface area contributed by atoms with E-state index >= 15 is 0 Å². The maximum Gasteiger partial charge on any atom is 0.230 e. The van der Waals surface area contributed by atoms with Crippen LogP contribution in [0.15, 0.2) is 121 Å². The zero-order valence-electron chi connectivity index (χ0n) is 25.8. The summed E-state index contributed by atoms with van der Waals surface area (Å²) in [6, 6.07) is 38.1. The number of anilines is 2. The van der Waals surface area contributed by atoms with Crippen LogP contribution in [0.5, 0.6) is 0 Å². The van der Waals surface area contributed by atoms with Crippen LogP contribution in [0.1, 0.15) is 50.4 Å². The van der Waals surface area contributed by atoms with E-state index in [0.717, 1.165) is 48.7 Å². The van der Waals surface area contributed by atoms with Crippen molar-refractivity contribution in [2.75, 3.05) is 16.8 Å². The van der Waals surface area contributed by atoms with Crippen LogP contribution >= 0.6 is 0 Å². The number of hydrogen-bond acceptors (Lipinski definition) is 5. The van der Waals surface area contributed by atoms with E-state index in [9.17, 15) is 9.59 Å². The van der Waals surface area contributed by atoms with Crippen molar-refractivity contribution in [3.8, 4) is 0 Å². The Kier molecular flexibility index (Phi) is 10.8. The van der Waals surface area contributed by atoms with E-state index < -0.39 is 0 Å². The molecule has 2 aliphatic rings. The summed E-state index contributed by atoms with van der Waals surface area (Å²) in [5, 5.41) is 0. The molecule has 4 heterocycles. The standard InChI is InChI=1S/C21H15N2O2.C17H20N3.Cu/c24-20(16-9-3-1-4-10-16)22-15-23(19-14-8-7-13-18(19)22)21(25)17-11-5-2-6-12-17;1-13-9-14-5-3-7-16(18-14)11-20(2)12-17-8-4-6-15(10-13)19-17;/h1-15H;3-8H,9-12H2,1-2H3;/q2*-1;. The van der Waals surface area contributed by atoms with Crippen molar-refractivity contribution in [2.24, 2.45) is 0 Å². The number of para-hydroxylation sites is 2. The molecule has 0 fully saturated rings. The Morgan fingerprint density at radius 2 is 0.978 bits per heavy atom. The molecular formula is C38H35CuN5O2-2. The average Bonchev–Trinajstić information content (AvgIpc) is 3.45. The van der Waals surface area contributed by atoms with Crippen LogP contribution in [0.4, 0.5) is 11.4 Å².